The molecule has 0 fully saturated rings. The van der Waals surface area contributed by atoms with Crippen LogP contribution in [0.25, 0.3) is 0 Å². The second kappa shape index (κ2) is 6.08. The molecule has 4 heteroatoms. The van der Waals surface area contributed by atoms with Crippen molar-refractivity contribution < 1.29 is 19.4 Å². The fourth-order valence-electron chi connectivity index (χ4n) is 1.16. The number of methoxy groups -OCH3 is 1. The molecule has 0 saturated heterocycles. The quantitative estimate of drug-likeness (QED) is 0.684. The van der Waals surface area contributed by atoms with Gasteiger partial charge in [-0.2, -0.15) is 0 Å². The Bertz CT molecular complexity index is 201. The molecule has 0 aromatic carbocycles. The Labute approximate surface area is 91.6 Å². The van der Waals surface area contributed by atoms with Crippen molar-refractivity contribution in [2.24, 2.45) is 5.41 Å². The number of aliphatic hydroxyl groups excluding tert-OH is 1. The van der Waals surface area contributed by atoms with Crippen LogP contribution in [0.1, 0.15) is 34.1 Å². The lowest BCUT2D eigenvalue weighted by Crippen LogP contribution is -2.40. The van der Waals surface area contributed by atoms with Gasteiger partial charge in [0.15, 0.2) is 0 Å². The normalized spacial score (nSPS) is 15.9. The lowest BCUT2D eigenvalue weighted by molar-refractivity contribution is -0.161. The Balaban J connectivity index is 4.36. The molecule has 15 heavy (non-hydrogen) atoms. The van der Waals surface area contributed by atoms with Crippen LogP contribution in [0.3, 0.4) is 0 Å². The van der Waals surface area contributed by atoms with E-state index in [0.717, 1.165) is 0 Å². The number of aliphatic hydroxyl groups is 1. The molecule has 4 nitrogen and oxygen atoms in total. The van der Waals surface area contributed by atoms with Gasteiger partial charge in [-0.3, -0.25) is 4.79 Å². The van der Waals surface area contributed by atoms with Gasteiger partial charge in [-0.15, -0.1) is 0 Å². The van der Waals surface area contributed by atoms with Crippen LogP contribution < -0.4 is 0 Å². The van der Waals surface area contributed by atoms with Crippen LogP contribution in [0.4, 0.5) is 0 Å². The molecule has 1 N–H and O–H groups in total. The summed E-state index contributed by atoms with van der Waals surface area (Å²) in [4.78, 5) is 11.6. The second-order valence-electron chi connectivity index (χ2n) is 4.24. The Morgan fingerprint density at radius 3 is 2.40 bits per heavy atom. The number of hydrogen-bond acceptors (Lipinski definition) is 4. The van der Waals surface area contributed by atoms with Gasteiger partial charge in [0.25, 0.3) is 0 Å². The first-order valence-electron chi connectivity index (χ1n) is 5.24. The summed E-state index contributed by atoms with van der Waals surface area (Å²) in [6, 6.07) is 0. The van der Waals surface area contributed by atoms with Crippen LogP contribution in [-0.2, 0) is 14.3 Å². The predicted molar refractivity (Wildman–Crippen MR) is 57.5 cm³/mol. The van der Waals surface area contributed by atoms with Crippen LogP contribution in [0.2, 0.25) is 0 Å². The molecule has 0 radical (unpaired) electrons. The number of carbonyl (C=O) groups is 1. The molecular formula is C11H22O4. The molecule has 0 aliphatic rings. The minimum absolute atomic E-state index is 0.0753. The summed E-state index contributed by atoms with van der Waals surface area (Å²) in [7, 11) is 1.58. The Morgan fingerprint density at radius 1 is 1.47 bits per heavy atom. The highest BCUT2D eigenvalue weighted by atomic mass is 16.5. The number of hydrogen-bond donors (Lipinski definition) is 1. The molecule has 0 saturated carbocycles. The molecule has 0 aliphatic carbocycles. The van der Waals surface area contributed by atoms with Gasteiger partial charge < -0.3 is 14.6 Å². The summed E-state index contributed by atoms with van der Waals surface area (Å²) in [6.45, 7) is 7.29. The van der Waals surface area contributed by atoms with E-state index >= 15 is 0 Å². The van der Waals surface area contributed by atoms with E-state index in [0.29, 0.717) is 13.0 Å². The molecule has 0 aliphatic heterocycles. The standard InChI is InChI=1S/C11H22O4/c1-6-15-10(13)11(3,4)9(12)7-8(2)14-5/h8-9,12H,6-7H2,1-5H3. The third-order valence-electron chi connectivity index (χ3n) is 2.59. The third kappa shape index (κ3) is 4.18. The van der Waals surface area contributed by atoms with Crippen molar-refractivity contribution in [3.05, 3.63) is 0 Å². The molecule has 0 aromatic rings. The summed E-state index contributed by atoms with van der Waals surface area (Å²) < 4.78 is 9.95. The van der Waals surface area contributed by atoms with Gasteiger partial charge >= 0.3 is 5.97 Å². The summed E-state index contributed by atoms with van der Waals surface area (Å²) in [5.41, 5.74) is -0.886. The monoisotopic (exact) mass is 218 g/mol. The zero-order valence-electron chi connectivity index (χ0n) is 10.2. The first kappa shape index (κ1) is 14.4. The summed E-state index contributed by atoms with van der Waals surface area (Å²) >= 11 is 0. The summed E-state index contributed by atoms with van der Waals surface area (Å²) in [5, 5.41) is 9.89. The van der Waals surface area contributed by atoms with Crippen molar-refractivity contribution in [2.75, 3.05) is 13.7 Å². The van der Waals surface area contributed by atoms with Crippen LogP contribution >= 0.6 is 0 Å². The average Bonchev–Trinajstić information content (AvgIpc) is 2.17. The first-order valence-corrected chi connectivity index (χ1v) is 5.24. The van der Waals surface area contributed by atoms with Crippen molar-refractivity contribution in [1.82, 2.24) is 0 Å². The fourth-order valence-corrected chi connectivity index (χ4v) is 1.16. The van der Waals surface area contributed by atoms with Crippen molar-refractivity contribution in [1.29, 1.82) is 0 Å². The topological polar surface area (TPSA) is 55.8 Å². The highest BCUT2D eigenvalue weighted by Crippen LogP contribution is 2.26. The number of ether oxygens (including phenoxy) is 2. The maximum absolute atomic E-state index is 11.6. The zero-order chi connectivity index (χ0) is 12.1. The minimum atomic E-state index is -0.886. The zero-order valence-corrected chi connectivity index (χ0v) is 10.2. The third-order valence-corrected chi connectivity index (χ3v) is 2.59. The van der Waals surface area contributed by atoms with Gasteiger partial charge in [0.05, 0.1) is 24.2 Å². The molecule has 2 unspecified atom stereocenters. The maximum atomic E-state index is 11.6. The van der Waals surface area contributed by atoms with E-state index < -0.39 is 11.5 Å². The second-order valence-corrected chi connectivity index (χ2v) is 4.24. The van der Waals surface area contributed by atoms with E-state index in [2.05, 4.69) is 0 Å². The van der Waals surface area contributed by atoms with E-state index in [1.54, 1.807) is 27.9 Å². The molecular weight excluding hydrogens is 196 g/mol. The van der Waals surface area contributed by atoms with Crippen LogP contribution in [0.5, 0.6) is 0 Å². The van der Waals surface area contributed by atoms with Crippen LogP contribution in [0, 0.1) is 5.41 Å². The van der Waals surface area contributed by atoms with Gasteiger partial charge in [0, 0.05) is 13.5 Å². The van der Waals surface area contributed by atoms with Crippen molar-refractivity contribution >= 4 is 5.97 Å². The van der Waals surface area contributed by atoms with Gasteiger partial charge in [-0.25, -0.2) is 0 Å². The molecule has 0 bridgehead atoms. The van der Waals surface area contributed by atoms with Gasteiger partial charge in [0.1, 0.15) is 0 Å². The van der Waals surface area contributed by atoms with Crippen molar-refractivity contribution in [2.45, 2.75) is 46.3 Å². The van der Waals surface area contributed by atoms with Crippen LogP contribution in [0.15, 0.2) is 0 Å². The largest absolute Gasteiger partial charge is 0.466 e. The highest BCUT2D eigenvalue weighted by molar-refractivity contribution is 5.76. The number of carbonyl (C=O) groups excluding carboxylic acids is 1. The number of rotatable bonds is 6. The van der Waals surface area contributed by atoms with E-state index in [1.807, 2.05) is 6.92 Å². The van der Waals surface area contributed by atoms with E-state index in [-0.39, 0.29) is 12.1 Å². The predicted octanol–water partition coefficient (Wildman–Crippen LogP) is 1.36. The average molecular weight is 218 g/mol. The molecule has 0 rings (SSSR count). The first-order chi connectivity index (χ1) is 6.86. The van der Waals surface area contributed by atoms with Gasteiger partial charge in [0.2, 0.25) is 0 Å². The SMILES string of the molecule is CCOC(=O)C(C)(C)C(O)CC(C)OC. The van der Waals surface area contributed by atoms with E-state index in [4.69, 9.17) is 9.47 Å². The smallest absolute Gasteiger partial charge is 0.314 e. The van der Waals surface area contributed by atoms with Crippen molar-refractivity contribution in [3.8, 4) is 0 Å². The molecule has 0 spiro atoms. The Hall–Kier alpha value is -0.610. The fraction of sp³-hybridized carbons (Fsp3) is 0.909. The maximum Gasteiger partial charge on any atom is 0.314 e. The van der Waals surface area contributed by atoms with Gasteiger partial charge in [-0.05, 0) is 27.7 Å². The number of esters is 1. The molecule has 90 valence electrons. The molecule has 0 aromatic heterocycles. The van der Waals surface area contributed by atoms with E-state index in [9.17, 15) is 9.90 Å². The lowest BCUT2D eigenvalue weighted by Gasteiger charge is -2.29. The Morgan fingerprint density at radius 2 is 2.00 bits per heavy atom. The van der Waals surface area contributed by atoms with Crippen LogP contribution in [-0.4, -0.2) is 37.0 Å². The van der Waals surface area contributed by atoms with Gasteiger partial charge in [-0.1, -0.05) is 0 Å². The van der Waals surface area contributed by atoms with Crippen molar-refractivity contribution in [3.63, 3.8) is 0 Å². The Kier molecular flexibility index (Phi) is 5.83. The lowest BCUT2D eigenvalue weighted by atomic mass is 9.84. The summed E-state index contributed by atoms with van der Waals surface area (Å²) in [5.74, 6) is -0.374. The molecule has 0 heterocycles. The summed E-state index contributed by atoms with van der Waals surface area (Å²) in [6.07, 6.45) is -0.414. The molecule has 0 amide bonds. The highest BCUT2D eigenvalue weighted by Gasteiger charge is 2.37. The molecule has 2 atom stereocenters. The minimum Gasteiger partial charge on any atom is -0.466 e. The van der Waals surface area contributed by atoms with E-state index in [1.165, 1.54) is 0 Å².